The fraction of sp³-hybridized carbons (Fsp3) is 0.167. The molecule has 1 aliphatic heterocycles. The molecule has 1 saturated heterocycles. The fourth-order valence-electron chi connectivity index (χ4n) is 2.57. The summed E-state index contributed by atoms with van der Waals surface area (Å²) in [5.74, 6) is -1.69. The lowest BCUT2D eigenvalue weighted by Gasteiger charge is -2.22. The van der Waals surface area contributed by atoms with Crippen LogP contribution < -0.4 is 15.5 Å². The number of benzene rings is 2. The van der Waals surface area contributed by atoms with Crippen LogP contribution in [0.25, 0.3) is 0 Å². The highest BCUT2D eigenvalue weighted by atomic mass is 19.1. The number of rotatable bonds is 5. The largest absolute Gasteiger partial charge is 0.484 e. The Morgan fingerprint density at radius 1 is 1.19 bits per heavy atom. The Labute approximate surface area is 148 Å². The number of urea groups is 1. The molecule has 0 saturated carbocycles. The zero-order chi connectivity index (χ0) is 18.7. The first kappa shape index (κ1) is 17.4. The highest BCUT2D eigenvalue weighted by Gasteiger charge is 2.49. The van der Waals surface area contributed by atoms with Crippen molar-refractivity contribution in [2.24, 2.45) is 0 Å². The number of carbonyl (C=O) groups excluding carboxylic acids is 3. The van der Waals surface area contributed by atoms with Gasteiger partial charge in [0.05, 0.1) is 0 Å². The molecule has 0 aromatic heterocycles. The van der Waals surface area contributed by atoms with Gasteiger partial charge in [-0.2, -0.15) is 5.01 Å². The average molecular weight is 357 g/mol. The summed E-state index contributed by atoms with van der Waals surface area (Å²) in [5, 5.41) is 3.18. The first-order valence-corrected chi connectivity index (χ1v) is 7.80. The van der Waals surface area contributed by atoms with Crippen molar-refractivity contribution in [3.63, 3.8) is 0 Å². The van der Waals surface area contributed by atoms with Crippen LogP contribution in [0.4, 0.5) is 9.18 Å². The number of hydrazine groups is 1. The minimum absolute atomic E-state index is 0.159. The molecular weight excluding hydrogens is 341 g/mol. The van der Waals surface area contributed by atoms with Crippen LogP contribution in [0.2, 0.25) is 0 Å². The summed E-state index contributed by atoms with van der Waals surface area (Å²) < 4.78 is 18.2. The van der Waals surface area contributed by atoms with Crippen molar-refractivity contribution in [2.75, 3.05) is 6.61 Å². The molecule has 1 fully saturated rings. The summed E-state index contributed by atoms with van der Waals surface area (Å²) in [5.41, 5.74) is 1.51. The topological polar surface area (TPSA) is 87.7 Å². The number of amides is 4. The van der Waals surface area contributed by atoms with Crippen LogP contribution in [-0.4, -0.2) is 29.5 Å². The number of ether oxygens (including phenoxy) is 1. The lowest BCUT2D eigenvalue weighted by molar-refractivity contribution is -0.139. The van der Waals surface area contributed by atoms with Gasteiger partial charge in [-0.25, -0.2) is 9.18 Å². The van der Waals surface area contributed by atoms with Gasteiger partial charge in [-0.05, 0) is 24.6 Å². The summed E-state index contributed by atoms with van der Waals surface area (Å²) in [4.78, 5) is 36.7. The van der Waals surface area contributed by atoms with Crippen LogP contribution in [0.1, 0.15) is 12.5 Å². The molecule has 1 aliphatic rings. The second-order valence-electron chi connectivity index (χ2n) is 5.84. The number of halogens is 1. The van der Waals surface area contributed by atoms with E-state index in [-0.39, 0.29) is 5.75 Å². The van der Waals surface area contributed by atoms with E-state index in [1.165, 1.54) is 18.2 Å². The molecule has 0 radical (unpaired) electrons. The van der Waals surface area contributed by atoms with E-state index in [2.05, 4.69) is 10.7 Å². The third-order valence-corrected chi connectivity index (χ3v) is 3.94. The van der Waals surface area contributed by atoms with Gasteiger partial charge in [0, 0.05) is 6.07 Å². The minimum Gasteiger partial charge on any atom is -0.484 e. The van der Waals surface area contributed by atoms with Gasteiger partial charge in [0.2, 0.25) is 0 Å². The summed E-state index contributed by atoms with van der Waals surface area (Å²) >= 11 is 0. The van der Waals surface area contributed by atoms with Gasteiger partial charge in [0.15, 0.2) is 6.61 Å². The van der Waals surface area contributed by atoms with E-state index in [0.717, 1.165) is 6.07 Å². The standard InChI is InChI=1S/C18H16FN3O4/c1-18(12-6-3-2-4-7-12)16(24)22(17(25)20-18)21-15(23)11-26-14-9-5-8-13(19)10-14/h2-10H,11H2,1H3,(H,20,25)(H,21,23). The Morgan fingerprint density at radius 3 is 2.62 bits per heavy atom. The molecule has 2 N–H and O–H groups in total. The SMILES string of the molecule is CC1(c2ccccc2)NC(=O)N(NC(=O)COc2cccc(F)c2)C1=O. The van der Waals surface area contributed by atoms with Crippen molar-refractivity contribution >= 4 is 17.8 Å². The lowest BCUT2D eigenvalue weighted by atomic mass is 9.92. The molecule has 0 aliphatic carbocycles. The molecule has 1 unspecified atom stereocenters. The van der Waals surface area contributed by atoms with E-state index in [1.54, 1.807) is 37.3 Å². The van der Waals surface area contributed by atoms with E-state index in [0.29, 0.717) is 10.6 Å². The highest BCUT2D eigenvalue weighted by Crippen LogP contribution is 2.27. The van der Waals surface area contributed by atoms with E-state index in [1.807, 2.05) is 0 Å². The molecule has 2 aromatic rings. The zero-order valence-electron chi connectivity index (χ0n) is 13.9. The van der Waals surface area contributed by atoms with Gasteiger partial charge in [-0.15, -0.1) is 0 Å². The number of nitrogens with zero attached hydrogens (tertiary/aromatic N) is 1. The smallest absolute Gasteiger partial charge is 0.344 e. The summed E-state index contributed by atoms with van der Waals surface area (Å²) in [6.45, 7) is 1.07. The van der Waals surface area contributed by atoms with Crippen LogP contribution in [0.15, 0.2) is 54.6 Å². The van der Waals surface area contributed by atoms with Gasteiger partial charge in [-0.1, -0.05) is 36.4 Å². The quantitative estimate of drug-likeness (QED) is 0.798. The highest BCUT2D eigenvalue weighted by molar-refractivity contribution is 6.08. The van der Waals surface area contributed by atoms with Gasteiger partial charge >= 0.3 is 6.03 Å². The second-order valence-corrected chi connectivity index (χ2v) is 5.84. The van der Waals surface area contributed by atoms with Crippen molar-refractivity contribution in [1.82, 2.24) is 15.8 Å². The third-order valence-electron chi connectivity index (χ3n) is 3.94. The van der Waals surface area contributed by atoms with Crippen LogP contribution in [0, 0.1) is 5.82 Å². The lowest BCUT2D eigenvalue weighted by Crippen LogP contribution is -2.49. The van der Waals surface area contributed by atoms with Crippen LogP contribution >= 0.6 is 0 Å². The molecule has 1 atom stereocenters. The first-order chi connectivity index (χ1) is 12.4. The van der Waals surface area contributed by atoms with Gasteiger partial charge in [0.1, 0.15) is 17.1 Å². The number of carbonyl (C=O) groups is 3. The van der Waals surface area contributed by atoms with Crippen molar-refractivity contribution in [3.8, 4) is 5.75 Å². The molecule has 134 valence electrons. The summed E-state index contributed by atoms with van der Waals surface area (Å²) in [6, 6.07) is 13.2. The maximum Gasteiger partial charge on any atom is 0.344 e. The molecule has 3 rings (SSSR count). The van der Waals surface area contributed by atoms with E-state index in [9.17, 15) is 18.8 Å². The molecule has 0 spiro atoms. The Bertz CT molecular complexity index is 859. The number of hydrogen-bond acceptors (Lipinski definition) is 4. The molecule has 26 heavy (non-hydrogen) atoms. The summed E-state index contributed by atoms with van der Waals surface area (Å²) in [7, 11) is 0. The van der Waals surface area contributed by atoms with Crippen molar-refractivity contribution in [2.45, 2.75) is 12.5 Å². The normalized spacial score (nSPS) is 19.2. The predicted molar refractivity (Wildman–Crippen MR) is 89.2 cm³/mol. The van der Waals surface area contributed by atoms with Crippen molar-refractivity contribution < 1.29 is 23.5 Å². The Balaban J connectivity index is 1.65. The Kier molecular flexibility index (Phi) is 4.57. The first-order valence-electron chi connectivity index (χ1n) is 7.80. The maximum absolute atomic E-state index is 13.1. The van der Waals surface area contributed by atoms with Crippen LogP contribution in [-0.2, 0) is 15.1 Å². The van der Waals surface area contributed by atoms with Crippen molar-refractivity contribution in [3.05, 3.63) is 66.0 Å². The number of hydrogen-bond donors (Lipinski definition) is 2. The molecule has 0 bridgehead atoms. The minimum atomic E-state index is -1.28. The Hall–Kier alpha value is -3.42. The molecular formula is C18H16FN3O4. The van der Waals surface area contributed by atoms with E-state index in [4.69, 9.17) is 4.74 Å². The van der Waals surface area contributed by atoms with Crippen molar-refractivity contribution in [1.29, 1.82) is 0 Å². The van der Waals surface area contributed by atoms with E-state index < -0.39 is 35.8 Å². The average Bonchev–Trinajstić information content (AvgIpc) is 2.85. The molecule has 2 aromatic carbocycles. The number of nitrogens with one attached hydrogen (secondary N) is 2. The summed E-state index contributed by atoms with van der Waals surface area (Å²) in [6.07, 6.45) is 0. The monoisotopic (exact) mass is 357 g/mol. The van der Waals surface area contributed by atoms with Gasteiger partial charge in [0.25, 0.3) is 11.8 Å². The Morgan fingerprint density at radius 2 is 1.92 bits per heavy atom. The third kappa shape index (κ3) is 3.34. The van der Waals surface area contributed by atoms with Gasteiger partial charge < -0.3 is 10.1 Å². The second kappa shape index (κ2) is 6.83. The van der Waals surface area contributed by atoms with Crippen LogP contribution in [0.3, 0.4) is 0 Å². The molecule has 1 heterocycles. The maximum atomic E-state index is 13.1. The molecule has 8 heteroatoms. The molecule has 7 nitrogen and oxygen atoms in total. The number of imide groups is 1. The molecule has 4 amide bonds. The predicted octanol–water partition coefficient (Wildman–Crippen LogP) is 1.70. The van der Waals surface area contributed by atoms with E-state index >= 15 is 0 Å². The van der Waals surface area contributed by atoms with Gasteiger partial charge in [-0.3, -0.25) is 15.0 Å². The fourth-order valence-corrected chi connectivity index (χ4v) is 2.57. The zero-order valence-corrected chi connectivity index (χ0v) is 13.9. The van der Waals surface area contributed by atoms with Crippen LogP contribution in [0.5, 0.6) is 5.75 Å².